The van der Waals surface area contributed by atoms with Crippen molar-refractivity contribution < 1.29 is 9.85 Å². The molecule has 1 aliphatic carbocycles. The number of nitro groups is 2. The van der Waals surface area contributed by atoms with Crippen molar-refractivity contribution in [2.75, 3.05) is 0 Å². The lowest BCUT2D eigenvalue weighted by Gasteiger charge is -2.28. The summed E-state index contributed by atoms with van der Waals surface area (Å²) in [6.07, 6.45) is -0.180. The maximum absolute atomic E-state index is 11.4. The summed E-state index contributed by atoms with van der Waals surface area (Å²) in [5, 5.41) is 40.7. The number of nitriles is 2. The van der Waals surface area contributed by atoms with E-state index in [0.29, 0.717) is 0 Å². The van der Waals surface area contributed by atoms with Gasteiger partial charge in [0.05, 0.1) is 12.0 Å². The SMILES string of the molecule is CC1Cc2c(nc(Cl)c(C#N)c2C#N)C([N+](=O)[O-])([N+](=O)[O-])C1. The molecule has 1 aromatic rings. The lowest BCUT2D eigenvalue weighted by Crippen LogP contribution is -2.49. The summed E-state index contributed by atoms with van der Waals surface area (Å²) in [7, 11) is 0. The van der Waals surface area contributed by atoms with E-state index < -0.39 is 32.3 Å². The van der Waals surface area contributed by atoms with E-state index in [-0.39, 0.29) is 29.5 Å². The summed E-state index contributed by atoms with van der Waals surface area (Å²) >= 11 is 5.79. The van der Waals surface area contributed by atoms with Gasteiger partial charge in [0, 0.05) is 5.56 Å². The van der Waals surface area contributed by atoms with Crippen LogP contribution >= 0.6 is 11.6 Å². The molecule has 0 amide bonds. The smallest absolute Gasteiger partial charge is 0.258 e. The monoisotopic (exact) mass is 321 g/mol. The minimum atomic E-state index is -2.66. The maximum atomic E-state index is 11.4. The fourth-order valence-corrected chi connectivity index (χ4v) is 2.96. The molecule has 0 aliphatic heterocycles. The Balaban J connectivity index is 2.95. The van der Waals surface area contributed by atoms with Crippen LogP contribution < -0.4 is 0 Å². The van der Waals surface area contributed by atoms with Crippen molar-refractivity contribution in [2.45, 2.75) is 25.4 Å². The van der Waals surface area contributed by atoms with Crippen LogP contribution in [0, 0.1) is 48.8 Å². The second kappa shape index (κ2) is 5.20. The lowest BCUT2D eigenvalue weighted by atomic mass is 9.78. The van der Waals surface area contributed by atoms with Crippen molar-refractivity contribution in [1.82, 2.24) is 4.98 Å². The van der Waals surface area contributed by atoms with Crippen LogP contribution in [0.15, 0.2) is 0 Å². The van der Waals surface area contributed by atoms with E-state index in [1.807, 2.05) is 0 Å². The normalized spacial score (nSPS) is 18.6. The molecule has 22 heavy (non-hydrogen) atoms. The number of rotatable bonds is 2. The minimum absolute atomic E-state index is 0.0515. The molecule has 112 valence electrons. The number of nitrogens with zero attached hydrogens (tertiary/aromatic N) is 5. The molecule has 0 radical (unpaired) electrons. The quantitative estimate of drug-likeness (QED) is 0.349. The van der Waals surface area contributed by atoms with Crippen molar-refractivity contribution in [3.05, 3.63) is 47.8 Å². The molecular formula is C12H8ClN5O4. The standard InChI is InChI=1S/C12H8ClN5O4/c1-6-2-7-8(4-14)9(5-15)11(13)16-10(7)12(3-6,17(19)20)18(21)22/h6H,2-3H2,1H3. The van der Waals surface area contributed by atoms with Gasteiger partial charge in [-0.25, -0.2) is 4.98 Å². The van der Waals surface area contributed by atoms with Gasteiger partial charge < -0.3 is 0 Å². The first-order valence-corrected chi connectivity index (χ1v) is 6.49. The zero-order valence-electron chi connectivity index (χ0n) is 11.2. The molecule has 0 saturated heterocycles. The fraction of sp³-hybridized carbons (Fsp3) is 0.417. The molecule has 1 aromatic heterocycles. The van der Waals surface area contributed by atoms with Crippen molar-refractivity contribution in [3.8, 4) is 12.1 Å². The summed E-state index contributed by atoms with van der Waals surface area (Å²) in [5.74, 6) is -0.426. The molecule has 0 spiro atoms. The van der Waals surface area contributed by atoms with Gasteiger partial charge in [-0.1, -0.05) is 18.5 Å². The van der Waals surface area contributed by atoms with E-state index in [1.165, 1.54) is 0 Å². The largest absolute Gasteiger partial charge is 0.501 e. The Morgan fingerprint density at radius 1 is 1.27 bits per heavy atom. The van der Waals surface area contributed by atoms with Gasteiger partial charge in [-0.2, -0.15) is 10.5 Å². The van der Waals surface area contributed by atoms with Crippen LogP contribution in [0.25, 0.3) is 0 Å². The number of halogens is 1. The highest BCUT2D eigenvalue weighted by molar-refractivity contribution is 6.30. The number of pyridine rings is 1. The Hall–Kier alpha value is -2.78. The van der Waals surface area contributed by atoms with Crippen LogP contribution in [0.1, 0.15) is 35.7 Å². The summed E-state index contributed by atoms with van der Waals surface area (Å²) in [6, 6.07) is 3.47. The summed E-state index contributed by atoms with van der Waals surface area (Å²) in [4.78, 5) is 24.5. The average Bonchev–Trinajstić information content (AvgIpc) is 2.44. The van der Waals surface area contributed by atoms with Crippen LogP contribution in [0.3, 0.4) is 0 Å². The Kier molecular flexibility index (Phi) is 3.69. The number of hydrogen-bond acceptors (Lipinski definition) is 7. The molecule has 1 unspecified atom stereocenters. The molecule has 0 fully saturated rings. The van der Waals surface area contributed by atoms with E-state index in [4.69, 9.17) is 16.9 Å². The topological polar surface area (TPSA) is 147 Å². The van der Waals surface area contributed by atoms with Crippen LogP contribution in [-0.2, 0) is 12.1 Å². The zero-order chi connectivity index (χ0) is 16.7. The fourth-order valence-electron chi connectivity index (χ4n) is 2.74. The molecule has 2 rings (SSSR count). The van der Waals surface area contributed by atoms with Gasteiger partial charge in [-0.05, 0) is 12.3 Å². The van der Waals surface area contributed by atoms with E-state index >= 15 is 0 Å². The summed E-state index contributed by atoms with van der Waals surface area (Å²) < 4.78 is 0. The van der Waals surface area contributed by atoms with Gasteiger partial charge in [0.1, 0.15) is 32.7 Å². The van der Waals surface area contributed by atoms with Gasteiger partial charge in [-0.15, -0.1) is 0 Å². The van der Waals surface area contributed by atoms with Crippen molar-refractivity contribution in [3.63, 3.8) is 0 Å². The van der Waals surface area contributed by atoms with Crippen molar-refractivity contribution in [1.29, 1.82) is 10.5 Å². The third kappa shape index (κ3) is 1.95. The van der Waals surface area contributed by atoms with E-state index in [1.54, 1.807) is 19.1 Å². The highest BCUT2D eigenvalue weighted by Crippen LogP contribution is 2.42. The van der Waals surface area contributed by atoms with Gasteiger partial charge in [-0.3, -0.25) is 20.2 Å². The van der Waals surface area contributed by atoms with Crippen LogP contribution in [0.2, 0.25) is 5.15 Å². The highest BCUT2D eigenvalue weighted by atomic mass is 35.5. The van der Waals surface area contributed by atoms with E-state index in [0.717, 1.165) is 0 Å². The second-order valence-corrected chi connectivity index (χ2v) is 5.41. The second-order valence-electron chi connectivity index (χ2n) is 5.05. The predicted molar refractivity (Wildman–Crippen MR) is 71.8 cm³/mol. The molecule has 0 bridgehead atoms. The Bertz CT molecular complexity index is 765. The number of hydrogen-bond donors (Lipinski definition) is 0. The van der Waals surface area contributed by atoms with E-state index in [9.17, 15) is 25.5 Å². The van der Waals surface area contributed by atoms with Crippen molar-refractivity contribution in [2.24, 2.45) is 5.92 Å². The first kappa shape index (κ1) is 15.6. The molecule has 1 atom stereocenters. The molecule has 1 aliphatic rings. The maximum Gasteiger partial charge on any atom is 0.501 e. The summed E-state index contributed by atoms with van der Waals surface area (Å²) in [6.45, 7) is 1.60. The van der Waals surface area contributed by atoms with Crippen molar-refractivity contribution >= 4 is 11.6 Å². The molecule has 10 heteroatoms. The average molecular weight is 322 g/mol. The molecule has 0 aromatic carbocycles. The van der Waals surface area contributed by atoms with Gasteiger partial charge in [0.2, 0.25) is 5.69 Å². The first-order chi connectivity index (χ1) is 10.3. The lowest BCUT2D eigenvalue weighted by molar-refractivity contribution is -0.814. The Labute approximate surface area is 129 Å². The molecule has 0 N–H and O–H groups in total. The number of aromatic nitrogens is 1. The van der Waals surface area contributed by atoms with Crippen LogP contribution in [-0.4, -0.2) is 14.8 Å². The molecule has 1 heterocycles. The first-order valence-electron chi connectivity index (χ1n) is 6.11. The summed E-state index contributed by atoms with van der Waals surface area (Å²) in [5.41, 5.74) is -3.47. The minimum Gasteiger partial charge on any atom is -0.258 e. The molecule has 0 saturated carbocycles. The Morgan fingerprint density at radius 2 is 1.82 bits per heavy atom. The van der Waals surface area contributed by atoms with Crippen LogP contribution in [0.5, 0.6) is 0 Å². The molecular weight excluding hydrogens is 314 g/mol. The predicted octanol–water partition coefficient (Wildman–Crippen LogP) is 1.77. The van der Waals surface area contributed by atoms with E-state index in [2.05, 4.69) is 4.98 Å². The third-order valence-corrected chi connectivity index (χ3v) is 3.92. The highest BCUT2D eigenvalue weighted by Gasteiger charge is 2.64. The van der Waals surface area contributed by atoms with Gasteiger partial charge in [0.25, 0.3) is 0 Å². The number of fused-ring (bicyclic) bond motifs is 1. The Morgan fingerprint density at radius 3 is 2.27 bits per heavy atom. The van der Waals surface area contributed by atoms with Crippen LogP contribution in [0.4, 0.5) is 0 Å². The zero-order valence-corrected chi connectivity index (χ0v) is 12.0. The third-order valence-electron chi connectivity index (χ3n) is 3.65. The molecule has 9 nitrogen and oxygen atoms in total. The van der Waals surface area contributed by atoms with Gasteiger partial charge >= 0.3 is 5.66 Å². The van der Waals surface area contributed by atoms with Gasteiger partial charge in [0.15, 0.2) is 0 Å².